The summed E-state index contributed by atoms with van der Waals surface area (Å²) >= 11 is 0. The molecular formula is C6H2KN3O8. The molecule has 18 heavy (non-hydrogen) atoms. The van der Waals surface area contributed by atoms with Crippen LogP contribution in [0.2, 0.25) is 0 Å². The number of hydrogen-bond donors (Lipinski definition) is 1. The van der Waals surface area contributed by atoms with E-state index < -0.39 is 43.3 Å². The molecular weight excluding hydrogens is 281 g/mol. The van der Waals surface area contributed by atoms with Gasteiger partial charge in [0.2, 0.25) is 0 Å². The molecule has 0 saturated carbocycles. The molecule has 11 nitrogen and oxygen atoms in total. The summed E-state index contributed by atoms with van der Waals surface area (Å²) in [4.78, 5) is 27.1. The Kier molecular flexibility index (Phi) is 5.56. The Morgan fingerprint density at radius 3 is 1.72 bits per heavy atom. The molecule has 0 radical (unpaired) electrons. The smallest absolute Gasteiger partial charge is 0.863 e. The van der Waals surface area contributed by atoms with Crippen molar-refractivity contribution in [1.29, 1.82) is 0 Å². The second-order valence-corrected chi connectivity index (χ2v) is 2.71. The third-order valence-corrected chi connectivity index (χ3v) is 1.76. The first-order chi connectivity index (χ1) is 7.77. The van der Waals surface area contributed by atoms with Crippen molar-refractivity contribution in [3.05, 3.63) is 36.4 Å². The minimum Gasteiger partial charge on any atom is -0.863 e. The largest absolute Gasteiger partial charge is 1.00 e. The van der Waals surface area contributed by atoms with E-state index in [4.69, 9.17) is 5.11 Å². The van der Waals surface area contributed by atoms with Gasteiger partial charge in [-0.15, -0.1) is 0 Å². The van der Waals surface area contributed by atoms with Crippen molar-refractivity contribution >= 4 is 17.1 Å². The molecule has 0 aromatic heterocycles. The molecule has 0 unspecified atom stereocenters. The summed E-state index contributed by atoms with van der Waals surface area (Å²) < 4.78 is 0. The van der Waals surface area contributed by atoms with Crippen LogP contribution >= 0.6 is 0 Å². The number of phenolic OH excluding ortho intramolecular Hbond substituents is 1. The van der Waals surface area contributed by atoms with Crippen molar-refractivity contribution < 1.29 is 76.4 Å². The first kappa shape index (κ1) is 16.7. The third kappa shape index (κ3) is 2.91. The molecule has 1 aromatic rings. The topological polar surface area (TPSA) is 173 Å². The molecule has 1 N–H and O–H groups in total. The van der Waals surface area contributed by atoms with Crippen LogP contribution < -0.4 is 56.5 Å². The van der Waals surface area contributed by atoms with E-state index in [1.807, 2.05) is 0 Å². The number of nitrogens with zero attached hydrogens (tertiary/aromatic N) is 3. The minimum absolute atomic E-state index is 0. The van der Waals surface area contributed by atoms with Crippen LogP contribution in [-0.4, -0.2) is 19.9 Å². The minimum atomic E-state index is -1.69. The SMILES string of the molecule is O=[N+]([O-])c1cc([N+](=O)[O-])c(O)c([N+](=O)[O-])c1[O-].[K+]. The number of hydrogen-bond acceptors (Lipinski definition) is 8. The quantitative estimate of drug-likeness (QED) is 0.351. The Bertz CT molecular complexity index is 506. The van der Waals surface area contributed by atoms with Gasteiger partial charge >= 0.3 is 62.8 Å². The molecule has 90 valence electrons. The molecule has 0 fully saturated rings. The fourth-order valence-electron chi connectivity index (χ4n) is 1.06. The van der Waals surface area contributed by atoms with Crippen LogP contribution in [0.5, 0.6) is 11.5 Å². The summed E-state index contributed by atoms with van der Waals surface area (Å²) in [5.74, 6) is -3.20. The summed E-state index contributed by atoms with van der Waals surface area (Å²) in [7, 11) is 0. The van der Waals surface area contributed by atoms with Gasteiger partial charge in [-0.1, -0.05) is 0 Å². The van der Waals surface area contributed by atoms with Gasteiger partial charge in [-0.2, -0.15) is 0 Å². The molecule has 12 heteroatoms. The third-order valence-electron chi connectivity index (χ3n) is 1.76. The van der Waals surface area contributed by atoms with E-state index in [0.29, 0.717) is 0 Å². The summed E-state index contributed by atoms with van der Waals surface area (Å²) in [5, 5.41) is 51.4. The van der Waals surface area contributed by atoms with Gasteiger partial charge in [-0.05, 0) is 0 Å². The Hall–Kier alpha value is -1.34. The Balaban J connectivity index is 0.00000289. The van der Waals surface area contributed by atoms with Crippen LogP contribution in [0.1, 0.15) is 0 Å². The predicted octanol–water partition coefficient (Wildman–Crippen LogP) is -2.81. The van der Waals surface area contributed by atoms with Crippen molar-refractivity contribution in [3.8, 4) is 11.5 Å². The summed E-state index contributed by atoms with van der Waals surface area (Å²) in [6.07, 6.45) is 0. The van der Waals surface area contributed by atoms with Crippen molar-refractivity contribution in [2.45, 2.75) is 0 Å². The fourth-order valence-corrected chi connectivity index (χ4v) is 1.06. The Labute approximate surface area is 140 Å². The molecule has 0 aliphatic heterocycles. The molecule has 0 spiro atoms. The molecule has 0 aliphatic carbocycles. The van der Waals surface area contributed by atoms with Crippen molar-refractivity contribution in [1.82, 2.24) is 0 Å². The normalized spacial score (nSPS) is 9.33. The van der Waals surface area contributed by atoms with Crippen LogP contribution in [0.15, 0.2) is 6.07 Å². The van der Waals surface area contributed by atoms with Gasteiger partial charge in [-0.25, -0.2) is 0 Å². The zero-order chi connectivity index (χ0) is 13.3. The van der Waals surface area contributed by atoms with E-state index in [0.717, 1.165) is 0 Å². The van der Waals surface area contributed by atoms with E-state index >= 15 is 0 Å². The Morgan fingerprint density at radius 1 is 0.944 bits per heavy atom. The second-order valence-electron chi connectivity index (χ2n) is 2.71. The molecule has 0 atom stereocenters. The van der Waals surface area contributed by atoms with E-state index in [1.54, 1.807) is 0 Å². The van der Waals surface area contributed by atoms with Crippen LogP contribution in [0.4, 0.5) is 17.1 Å². The zero-order valence-corrected chi connectivity index (χ0v) is 11.8. The van der Waals surface area contributed by atoms with Gasteiger partial charge in [-0.3, -0.25) is 30.3 Å². The van der Waals surface area contributed by atoms with Gasteiger partial charge in [0.05, 0.1) is 26.6 Å². The van der Waals surface area contributed by atoms with Crippen LogP contribution in [0, 0.1) is 30.3 Å². The molecule has 1 rings (SSSR count). The van der Waals surface area contributed by atoms with Crippen molar-refractivity contribution in [3.63, 3.8) is 0 Å². The molecule has 0 heterocycles. The molecule has 1 aromatic carbocycles. The van der Waals surface area contributed by atoms with Gasteiger partial charge in [0.15, 0.2) is 0 Å². The van der Waals surface area contributed by atoms with Gasteiger partial charge in [0.1, 0.15) is 0 Å². The van der Waals surface area contributed by atoms with Crippen LogP contribution in [-0.2, 0) is 0 Å². The average molecular weight is 283 g/mol. The molecule has 0 saturated heterocycles. The summed E-state index contributed by atoms with van der Waals surface area (Å²) in [6, 6.07) is 0.171. The number of phenols is 1. The number of rotatable bonds is 3. The number of nitro groups is 3. The van der Waals surface area contributed by atoms with Crippen LogP contribution in [0.3, 0.4) is 0 Å². The van der Waals surface area contributed by atoms with Gasteiger partial charge in [0.25, 0.3) is 11.4 Å². The first-order valence-corrected chi connectivity index (χ1v) is 3.77. The molecule has 0 bridgehead atoms. The number of nitro benzene ring substituents is 3. The summed E-state index contributed by atoms with van der Waals surface area (Å²) in [5.41, 5.74) is -4.21. The van der Waals surface area contributed by atoms with Crippen LogP contribution in [0.25, 0.3) is 0 Å². The number of aromatic hydroxyl groups is 1. The average Bonchev–Trinajstić information content (AvgIpc) is 2.15. The van der Waals surface area contributed by atoms with E-state index in [-0.39, 0.29) is 57.5 Å². The van der Waals surface area contributed by atoms with E-state index in [9.17, 15) is 35.4 Å². The van der Waals surface area contributed by atoms with E-state index in [1.165, 1.54) is 0 Å². The number of benzene rings is 1. The maximum atomic E-state index is 11.2. The molecule has 0 amide bonds. The summed E-state index contributed by atoms with van der Waals surface area (Å²) in [6.45, 7) is 0. The second kappa shape index (κ2) is 6.01. The Morgan fingerprint density at radius 2 is 1.39 bits per heavy atom. The van der Waals surface area contributed by atoms with Gasteiger partial charge in [0, 0.05) is 0 Å². The monoisotopic (exact) mass is 283 g/mol. The molecule has 0 aliphatic rings. The first-order valence-electron chi connectivity index (χ1n) is 3.77. The predicted molar refractivity (Wildman–Crippen MR) is 47.5 cm³/mol. The standard InChI is InChI=1S/C6H3N3O8.K/c10-5-2(7(12)13)1-3(8(14)15)6(11)4(5)9(16)17;/h1,10-11H;/q;+1/p-1. The zero-order valence-electron chi connectivity index (χ0n) is 8.72. The van der Waals surface area contributed by atoms with E-state index in [2.05, 4.69) is 0 Å². The van der Waals surface area contributed by atoms with Crippen molar-refractivity contribution in [2.75, 3.05) is 0 Å². The van der Waals surface area contributed by atoms with Crippen molar-refractivity contribution in [2.24, 2.45) is 0 Å². The maximum absolute atomic E-state index is 11.2. The maximum Gasteiger partial charge on any atom is 1.00 e. The van der Waals surface area contributed by atoms with Gasteiger partial charge < -0.3 is 10.2 Å². The fraction of sp³-hybridized carbons (Fsp3) is 0.